The van der Waals surface area contributed by atoms with E-state index in [1.807, 2.05) is 17.0 Å². The number of hydrogen-bond acceptors (Lipinski definition) is 5. The quantitative estimate of drug-likeness (QED) is 0.830. The average molecular weight is 309 g/mol. The fourth-order valence-corrected chi connectivity index (χ4v) is 3.02. The largest absolute Gasteiger partial charge is 0.493 e. The molecule has 0 aromatic heterocycles. The molecule has 2 rings (SSSR count). The molecular weight excluding hydrogens is 286 g/mol. The number of benzene rings is 1. The van der Waals surface area contributed by atoms with Crippen LogP contribution in [0.15, 0.2) is 18.2 Å². The van der Waals surface area contributed by atoms with Gasteiger partial charge in [0, 0.05) is 5.56 Å². The third-order valence-corrected chi connectivity index (χ3v) is 4.19. The van der Waals surface area contributed by atoms with E-state index in [-0.39, 0.29) is 12.5 Å². The van der Waals surface area contributed by atoms with Gasteiger partial charge in [0.15, 0.2) is 11.5 Å². The van der Waals surface area contributed by atoms with Crippen molar-refractivity contribution in [3.63, 3.8) is 0 Å². The third kappa shape index (κ3) is 3.69. The standard InChI is InChI=1S/C16H23NO5/c1-21-13-5-3-4-12(16(13)22-2)15(20)11-6-8-17(9-7-11)10-14(18)19/h3-5,11,15,20H,6-10H2,1-2H3,(H,18,19). The number of carbonyl (C=O) groups is 1. The first-order valence-corrected chi connectivity index (χ1v) is 7.40. The lowest BCUT2D eigenvalue weighted by molar-refractivity contribution is -0.138. The van der Waals surface area contributed by atoms with Gasteiger partial charge in [-0.1, -0.05) is 12.1 Å². The molecule has 1 unspecified atom stereocenters. The van der Waals surface area contributed by atoms with E-state index in [2.05, 4.69) is 0 Å². The van der Waals surface area contributed by atoms with Gasteiger partial charge >= 0.3 is 5.97 Å². The van der Waals surface area contributed by atoms with E-state index in [1.54, 1.807) is 20.3 Å². The van der Waals surface area contributed by atoms with Crippen LogP contribution in [0.2, 0.25) is 0 Å². The average Bonchev–Trinajstić information content (AvgIpc) is 2.53. The molecule has 22 heavy (non-hydrogen) atoms. The number of aliphatic hydroxyl groups excluding tert-OH is 1. The van der Waals surface area contributed by atoms with Crippen LogP contribution in [-0.2, 0) is 4.79 Å². The summed E-state index contributed by atoms with van der Waals surface area (Å²) in [7, 11) is 3.13. The van der Waals surface area contributed by atoms with E-state index < -0.39 is 12.1 Å². The Labute approximate surface area is 130 Å². The number of para-hydroxylation sites is 1. The van der Waals surface area contributed by atoms with Crippen molar-refractivity contribution in [2.45, 2.75) is 18.9 Å². The maximum atomic E-state index is 10.7. The second-order valence-corrected chi connectivity index (χ2v) is 5.53. The predicted octanol–water partition coefficient (Wildman–Crippen LogP) is 1.53. The van der Waals surface area contributed by atoms with Crippen LogP contribution >= 0.6 is 0 Å². The lowest BCUT2D eigenvalue weighted by Crippen LogP contribution is -2.38. The first-order valence-electron chi connectivity index (χ1n) is 7.40. The summed E-state index contributed by atoms with van der Waals surface area (Å²) in [4.78, 5) is 12.6. The van der Waals surface area contributed by atoms with Crippen LogP contribution < -0.4 is 9.47 Å². The number of carboxylic acid groups (broad SMARTS) is 1. The van der Waals surface area contributed by atoms with E-state index in [4.69, 9.17) is 14.6 Å². The van der Waals surface area contributed by atoms with Crippen LogP contribution in [0, 0.1) is 5.92 Å². The zero-order chi connectivity index (χ0) is 16.1. The smallest absolute Gasteiger partial charge is 0.317 e. The molecule has 0 aliphatic carbocycles. The first-order chi connectivity index (χ1) is 10.6. The fraction of sp³-hybridized carbons (Fsp3) is 0.562. The van der Waals surface area contributed by atoms with Crippen LogP contribution in [0.5, 0.6) is 11.5 Å². The Bertz CT molecular complexity index is 511. The fourth-order valence-electron chi connectivity index (χ4n) is 3.02. The number of rotatable bonds is 6. The lowest BCUT2D eigenvalue weighted by atomic mass is 9.87. The molecule has 0 bridgehead atoms. The van der Waals surface area contributed by atoms with Crippen molar-refractivity contribution in [2.75, 3.05) is 33.9 Å². The van der Waals surface area contributed by atoms with Crippen molar-refractivity contribution in [2.24, 2.45) is 5.92 Å². The molecule has 0 saturated carbocycles. The molecule has 1 aromatic rings. The van der Waals surface area contributed by atoms with Crippen LogP contribution in [0.3, 0.4) is 0 Å². The molecule has 6 heteroatoms. The Kier molecular flexibility index (Phi) is 5.63. The van der Waals surface area contributed by atoms with E-state index >= 15 is 0 Å². The van der Waals surface area contributed by atoms with Crippen LogP contribution in [0.25, 0.3) is 0 Å². The molecule has 1 aliphatic heterocycles. The number of nitrogens with zero attached hydrogens (tertiary/aromatic N) is 1. The predicted molar refractivity (Wildman–Crippen MR) is 81.3 cm³/mol. The normalized spacial score (nSPS) is 18.0. The maximum absolute atomic E-state index is 10.7. The summed E-state index contributed by atoms with van der Waals surface area (Å²) in [5.41, 5.74) is 0.721. The summed E-state index contributed by atoms with van der Waals surface area (Å²) in [6.45, 7) is 1.42. The van der Waals surface area contributed by atoms with E-state index in [1.165, 1.54) is 0 Å². The number of carboxylic acids is 1. The SMILES string of the molecule is COc1cccc(C(O)C2CCN(CC(=O)O)CC2)c1OC. The van der Waals surface area contributed by atoms with Crippen molar-refractivity contribution >= 4 is 5.97 Å². The van der Waals surface area contributed by atoms with Gasteiger partial charge in [0.05, 0.1) is 26.9 Å². The highest BCUT2D eigenvalue weighted by atomic mass is 16.5. The molecule has 0 radical (unpaired) electrons. The Hall–Kier alpha value is -1.79. The summed E-state index contributed by atoms with van der Waals surface area (Å²) >= 11 is 0. The van der Waals surface area contributed by atoms with Crippen molar-refractivity contribution in [1.82, 2.24) is 4.90 Å². The topological polar surface area (TPSA) is 79.2 Å². The maximum Gasteiger partial charge on any atom is 0.317 e. The molecule has 1 heterocycles. The number of aliphatic hydroxyl groups is 1. The molecule has 6 nitrogen and oxygen atoms in total. The van der Waals surface area contributed by atoms with Crippen LogP contribution in [0.1, 0.15) is 24.5 Å². The molecular formula is C16H23NO5. The van der Waals surface area contributed by atoms with E-state index in [0.29, 0.717) is 24.6 Å². The number of ether oxygens (including phenoxy) is 2. The van der Waals surface area contributed by atoms with Crippen LogP contribution in [0.4, 0.5) is 0 Å². The van der Waals surface area contributed by atoms with Crippen molar-refractivity contribution in [1.29, 1.82) is 0 Å². The van der Waals surface area contributed by atoms with Gasteiger partial charge in [0.2, 0.25) is 0 Å². The van der Waals surface area contributed by atoms with Gasteiger partial charge in [0.25, 0.3) is 0 Å². The van der Waals surface area contributed by atoms with Gasteiger partial charge < -0.3 is 19.7 Å². The molecule has 1 fully saturated rings. The molecule has 1 atom stereocenters. The van der Waals surface area contributed by atoms with Gasteiger partial charge in [-0.25, -0.2) is 0 Å². The highest BCUT2D eigenvalue weighted by Gasteiger charge is 2.29. The van der Waals surface area contributed by atoms with Crippen LogP contribution in [-0.4, -0.2) is 54.9 Å². The van der Waals surface area contributed by atoms with E-state index in [9.17, 15) is 9.90 Å². The number of hydrogen-bond donors (Lipinski definition) is 2. The summed E-state index contributed by atoms with van der Waals surface area (Å²) < 4.78 is 10.6. The van der Waals surface area contributed by atoms with Crippen molar-refractivity contribution in [3.05, 3.63) is 23.8 Å². The van der Waals surface area contributed by atoms with Crippen molar-refractivity contribution in [3.8, 4) is 11.5 Å². The molecule has 1 saturated heterocycles. The number of piperidine rings is 1. The summed E-state index contributed by atoms with van der Waals surface area (Å²) in [5.74, 6) is 0.437. The molecule has 1 aliphatic rings. The Balaban J connectivity index is 2.07. The van der Waals surface area contributed by atoms with Gasteiger partial charge in [0.1, 0.15) is 0 Å². The molecule has 0 amide bonds. The molecule has 1 aromatic carbocycles. The van der Waals surface area contributed by atoms with Gasteiger partial charge in [-0.2, -0.15) is 0 Å². The zero-order valence-electron chi connectivity index (χ0n) is 13.0. The van der Waals surface area contributed by atoms with Crippen molar-refractivity contribution < 1.29 is 24.5 Å². The number of aliphatic carboxylic acids is 1. The summed E-state index contributed by atoms with van der Waals surface area (Å²) in [6, 6.07) is 5.47. The highest BCUT2D eigenvalue weighted by molar-refractivity contribution is 5.69. The van der Waals surface area contributed by atoms with Gasteiger partial charge in [-0.3, -0.25) is 9.69 Å². The molecule has 122 valence electrons. The summed E-state index contributed by atoms with van der Waals surface area (Å²) in [5, 5.41) is 19.5. The second kappa shape index (κ2) is 7.47. The monoisotopic (exact) mass is 309 g/mol. The zero-order valence-corrected chi connectivity index (χ0v) is 13.0. The Morgan fingerprint density at radius 3 is 2.55 bits per heavy atom. The minimum absolute atomic E-state index is 0.0608. The van der Waals surface area contributed by atoms with Gasteiger partial charge in [-0.05, 0) is 37.9 Å². The minimum atomic E-state index is -0.812. The summed E-state index contributed by atoms with van der Waals surface area (Å²) in [6.07, 6.45) is 0.876. The third-order valence-electron chi connectivity index (χ3n) is 4.19. The molecule has 2 N–H and O–H groups in total. The van der Waals surface area contributed by atoms with E-state index in [0.717, 1.165) is 18.4 Å². The highest BCUT2D eigenvalue weighted by Crippen LogP contribution is 2.39. The molecule has 0 spiro atoms. The Morgan fingerprint density at radius 1 is 1.32 bits per heavy atom. The second-order valence-electron chi connectivity index (χ2n) is 5.53. The van der Waals surface area contributed by atoms with Gasteiger partial charge in [-0.15, -0.1) is 0 Å². The Morgan fingerprint density at radius 2 is 2.00 bits per heavy atom. The number of methoxy groups -OCH3 is 2. The first kappa shape index (κ1) is 16.6. The lowest BCUT2D eigenvalue weighted by Gasteiger charge is -2.33. The minimum Gasteiger partial charge on any atom is -0.493 e. The number of likely N-dealkylation sites (tertiary alicyclic amines) is 1.